The number of aryl methyl sites for hydroxylation is 2. The Morgan fingerprint density at radius 2 is 2.18 bits per heavy atom. The molecule has 1 unspecified atom stereocenters. The molecule has 2 N–H and O–H groups in total. The molecular formula is C11H17N3O2S. The van der Waals surface area contributed by atoms with E-state index >= 15 is 0 Å². The number of carbonyl (C=O) groups is 1. The van der Waals surface area contributed by atoms with Crippen molar-refractivity contribution in [2.45, 2.75) is 20.8 Å². The quantitative estimate of drug-likeness (QED) is 0.821. The van der Waals surface area contributed by atoms with Gasteiger partial charge in [0.25, 0.3) is 5.91 Å². The zero-order valence-corrected chi connectivity index (χ0v) is 11.3. The van der Waals surface area contributed by atoms with Crippen LogP contribution in [0, 0.1) is 19.8 Å². The molecular weight excluding hydrogens is 238 g/mol. The Labute approximate surface area is 106 Å². The summed E-state index contributed by atoms with van der Waals surface area (Å²) >= 11 is 4.87. The van der Waals surface area contributed by atoms with Crippen molar-refractivity contribution in [3.05, 3.63) is 17.3 Å². The van der Waals surface area contributed by atoms with E-state index in [0.29, 0.717) is 23.1 Å². The fourth-order valence-corrected chi connectivity index (χ4v) is 1.56. The lowest BCUT2D eigenvalue weighted by Gasteiger charge is -2.19. The largest absolute Gasteiger partial charge is 0.436 e. The molecule has 0 spiro atoms. The van der Waals surface area contributed by atoms with Crippen LogP contribution in [-0.4, -0.2) is 34.4 Å². The second-order valence-corrected chi connectivity index (χ2v) is 4.61. The van der Waals surface area contributed by atoms with Gasteiger partial charge in [0, 0.05) is 26.4 Å². The Hall–Kier alpha value is -1.43. The van der Waals surface area contributed by atoms with Gasteiger partial charge in [0.2, 0.25) is 5.76 Å². The third-order valence-corrected chi connectivity index (χ3v) is 2.88. The number of nitrogens with two attached hydrogens (primary N) is 1. The normalized spacial score (nSPS) is 12.2. The fraction of sp³-hybridized carbons (Fsp3) is 0.545. The van der Waals surface area contributed by atoms with E-state index in [4.69, 9.17) is 22.4 Å². The van der Waals surface area contributed by atoms with E-state index in [-0.39, 0.29) is 17.6 Å². The van der Waals surface area contributed by atoms with Crippen LogP contribution in [0.5, 0.6) is 0 Å². The number of hydrogen-bond acceptors (Lipinski definition) is 4. The molecule has 0 aromatic carbocycles. The lowest BCUT2D eigenvalue weighted by Crippen LogP contribution is -2.35. The van der Waals surface area contributed by atoms with Crippen molar-refractivity contribution >= 4 is 23.1 Å². The molecule has 0 saturated heterocycles. The highest BCUT2D eigenvalue weighted by molar-refractivity contribution is 7.80. The molecule has 1 rings (SSSR count). The molecule has 0 fully saturated rings. The van der Waals surface area contributed by atoms with Crippen molar-refractivity contribution < 1.29 is 9.21 Å². The minimum absolute atomic E-state index is 0.0247. The second-order valence-electron chi connectivity index (χ2n) is 4.14. The van der Waals surface area contributed by atoms with E-state index < -0.39 is 0 Å². The summed E-state index contributed by atoms with van der Waals surface area (Å²) < 4.78 is 5.27. The molecule has 0 bridgehead atoms. The van der Waals surface area contributed by atoms with Crippen LogP contribution >= 0.6 is 12.2 Å². The van der Waals surface area contributed by atoms with Gasteiger partial charge in [-0.1, -0.05) is 19.1 Å². The molecule has 0 radical (unpaired) electrons. The number of oxazole rings is 1. The van der Waals surface area contributed by atoms with Crippen LogP contribution in [0.4, 0.5) is 0 Å². The molecule has 94 valence electrons. The minimum Gasteiger partial charge on any atom is -0.436 e. The zero-order chi connectivity index (χ0) is 13.2. The summed E-state index contributed by atoms with van der Waals surface area (Å²) in [7, 11) is 1.69. The van der Waals surface area contributed by atoms with Gasteiger partial charge in [-0.25, -0.2) is 4.98 Å². The number of rotatable bonds is 4. The van der Waals surface area contributed by atoms with E-state index in [1.54, 1.807) is 20.9 Å². The molecule has 0 saturated carbocycles. The van der Waals surface area contributed by atoms with Gasteiger partial charge in [0.15, 0.2) is 5.89 Å². The van der Waals surface area contributed by atoms with Crippen molar-refractivity contribution in [2.24, 2.45) is 11.7 Å². The highest BCUT2D eigenvalue weighted by Gasteiger charge is 2.21. The molecule has 5 nitrogen and oxygen atoms in total. The maximum Gasteiger partial charge on any atom is 0.291 e. The van der Waals surface area contributed by atoms with Crippen molar-refractivity contribution in [1.29, 1.82) is 0 Å². The highest BCUT2D eigenvalue weighted by atomic mass is 32.1. The highest BCUT2D eigenvalue weighted by Crippen LogP contribution is 2.12. The van der Waals surface area contributed by atoms with E-state index in [9.17, 15) is 4.79 Å². The van der Waals surface area contributed by atoms with Crippen LogP contribution in [0.25, 0.3) is 0 Å². The summed E-state index contributed by atoms with van der Waals surface area (Å²) in [5, 5.41) is 0. The van der Waals surface area contributed by atoms with Crippen LogP contribution in [-0.2, 0) is 0 Å². The van der Waals surface area contributed by atoms with E-state index in [0.717, 1.165) is 0 Å². The predicted octanol–water partition coefficient (Wildman–Crippen LogP) is 1.29. The molecule has 0 aliphatic heterocycles. The van der Waals surface area contributed by atoms with Crippen molar-refractivity contribution in [3.63, 3.8) is 0 Å². The average molecular weight is 255 g/mol. The Morgan fingerprint density at radius 1 is 1.59 bits per heavy atom. The first kappa shape index (κ1) is 13.6. The van der Waals surface area contributed by atoms with Crippen molar-refractivity contribution in [3.8, 4) is 0 Å². The van der Waals surface area contributed by atoms with Gasteiger partial charge in [-0.05, 0) is 6.92 Å². The average Bonchev–Trinajstić information content (AvgIpc) is 2.56. The lowest BCUT2D eigenvalue weighted by molar-refractivity contribution is 0.0753. The summed E-state index contributed by atoms with van der Waals surface area (Å²) in [5.74, 6) is 0.538. The molecule has 0 aliphatic carbocycles. The summed E-state index contributed by atoms with van der Waals surface area (Å²) in [6, 6.07) is 0. The molecule has 1 heterocycles. The predicted molar refractivity (Wildman–Crippen MR) is 68.9 cm³/mol. The Balaban J connectivity index is 2.77. The van der Waals surface area contributed by atoms with Gasteiger partial charge in [0.05, 0.1) is 10.7 Å². The molecule has 0 aliphatic rings. The molecule has 1 amide bonds. The van der Waals surface area contributed by atoms with Gasteiger partial charge in [0.1, 0.15) is 0 Å². The Kier molecular flexibility index (Phi) is 4.22. The van der Waals surface area contributed by atoms with Crippen LogP contribution in [0.2, 0.25) is 0 Å². The summed E-state index contributed by atoms with van der Waals surface area (Å²) in [6.07, 6.45) is 0. The standard InChI is InChI=1S/C11H17N3O2S/c1-6(10(12)17)5-14(4)11(15)9-7(2)13-8(3)16-9/h6H,5H2,1-4H3,(H2,12,17). The van der Waals surface area contributed by atoms with Gasteiger partial charge in [-0.2, -0.15) is 0 Å². The van der Waals surface area contributed by atoms with E-state index in [1.165, 1.54) is 4.90 Å². The topological polar surface area (TPSA) is 72.4 Å². The smallest absolute Gasteiger partial charge is 0.291 e. The molecule has 6 heteroatoms. The number of amides is 1. The first-order valence-electron chi connectivity index (χ1n) is 5.31. The molecule has 1 aromatic rings. The number of nitrogens with zero attached hydrogens (tertiary/aromatic N) is 2. The van der Waals surface area contributed by atoms with Crippen LogP contribution in [0.3, 0.4) is 0 Å². The van der Waals surface area contributed by atoms with Gasteiger partial charge < -0.3 is 15.1 Å². The van der Waals surface area contributed by atoms with Crippen LogP contribution < -0.4 is 5.73 Å². The SMILES string of the molecule is Cc1nc(C)c(C(=O)N(C)CC(C)C(N)=S)o1. The number of aromatic nitrogens is 1. The van der Waals surface area contributed by atoms with E-state index in [2.05, 4.69) is 4.98 Å². The number of thiocarbonyl (C=S) groups is 1. The maximum absolute atomic E-state index is 12.0. The van der Waals surface area contributed by atoms with Crippen LogP contribution in [0.15, 0.2) is 4.42 Å². The lowest BCUT2D eigenvalue weighted by atomic mass is 10.1. The first-order valence-corrected chi connectivity index (χ1v) is 5.72. The Bertz CT molecular complexity index is 442. The number of carbonyl (C=O) groups excluding carboxylic acids is 1. The third-order valence-electron chi connectivity index (χ3n) is 2.48. The van der Waals surface area contributed by atoms with Crippen molar-refractivity contribution in [2.75, 3.05) is 13.6 Å². The first-order chi connectivity index (χ1) is 7.82. The second kappa shape index (κ2) is 5.27. The summed E-state index contributed by atoms with van der Waals surface area (Å²) in [5.41, 5.74) is 6.11. The number of hydrogen-bond donors (Lipinski definition) is 1. The maximum atomic E-state index is 12.0. The van der Waals surface area contributed by atoms with Gasteiger partial charge in [-0.3, -0.25) is 4.79 Å². The summed E-state index contributed by atoms with van der Waals surface area (Å²) in [6.45, 7) is 5.80. The van der Waals surface area contributed by atoms with Gasteiger partial charge in [-0.15, -0.1) is 0 Å². The zero-order valence-electron chi connectivity index (χ0n) is 10.5. The van der Waals surface area contributed by atoms with E-state index in [1.807, 2.05) is 6.92 Å². The fourth-order valence-electron chi connectivity index (χ4n) is 1.49. The van der Waals surface area contributed by atoms with Gasteiger partial charge >= 0.3 is 0 Å². The molecule has 1 aromatic heterocycles. The summed E-state index contributed by atoms with van der Waals surface area (Å²) in [4.78, 5) is 18.0. The molecule has 17 heavy (non-hydrogen) atoms. The minimum atomic E-state index is -0.203. The monoisotopic (exact) mass is 255 g/mol. The van der Waals surface area contributed by atoms with Crippen molar-refractivity contribution in [1.82, 2.24) is 9.88 Å². The Morgan fingerprint density at radius 3 is 2.59 bits per heavy atom. The third kappa shape index (κ3) is 3.26. The van der Waals surface area contributed by atoms with Crippen LogP contribution in [0.1, 0.15) is 29.1 Å². The molecule has 1 atom stereocenters.